The molecule has 0 atom stereocenters. The van der Waals surface area contributed by atoms with E-state index in [9.17, 15) is 35.9 Å². The zero-order valence-corrected chi connectivity index (χ0v) is 15.2. The number of carbonyl (C=O) groups is 1. The summed E-state index contributed by atoms with van der Waals surface area (Å²) in [6, 6.07) is 1.97. The van der Waals surface area contributed by atoms with E-state index in [0.717, 1.165) is 23.7 Å². The van der Waals surface area contributed by atoms with E-state index in [-0.39, 0.29) is 6.07 Å². The summed E-state index contributed by atoms with van der Waals surface area (Å²) in [5, 5.41) is 1.97. The molecule has 2 rings (SSSR count). The molecule has 0 saturated heterocycles. The molecule has 0 aliphatic heterocycles. The Kier molecular flexibility index (Phi) is 6.70. The number of rotatable bonds is 6. The number of hydrogen-bond donors (Lipinski definition) is 1. The van der Waals surface area contributed by atoms with Crippen molar-refractivity contribution in [3.63, 3.8) is 0 Å². The molecular weight excluding hydrogens is 404 g/mol. The lowest BCUT2D eigenvalue weighted by atomic mass is 10.1. The van der Waals surface area contributed by atoms with Crippen LogP contribution in [0, 0.1) is 0 Å². The molecule has 0 bridgehead atoms. The first-order valence-electron chi connectivity index (χ1n) is 8.55. The van der Waals surface area contributed by atoms with Gasteiger partial charge in [0.05, 0.1) is 17.5 Å². The fourth-order valence-electron chi connectivity index (χ4n) is 2.46. The third-order valence-corrected chi connectivity index (χ3v) is 3.91. The van der Waals surface area contributed by atoms with E-state index in [0.29, 0.717) is 24.2 Å². The van der Waals surface area contributed by atoms with Crippen molar-refractivity contribution in [1.82, 2.24) is 9.55 Å². The van der Waals surface area contributed by atoms with Crippen LogP contribution in [0.25, 0.3) is 0 Å². The Hall–Kier alpha value is -2.85. The summed E-state index contributed by atoms with van der Waals surface area (Å²) in [7, 11) is 0. The number of carbonyl (C=O) groups excluding carboxylic acids is 1. The van der Waals surface area contributed by atoms with Gasteiger partial charge in [-0.1, -0.05) is 13.3 Å². The Labute approximate surface area is 161 Å². The first kappa shape index (κ1) is 22.4. The summed E-state index contributed by atoms with van der Waals surface area (Å²) in [5.41, 5.74) is -3.82. The summed E-state index contributed by atoms with van der Waals surface area (Å²) in [5.74, 6) is -0.970. The first-order chi connectivity index (χ1) is 13.4. The monoisotopic (exact) mass is 421 g/mol. The van der Waals surface area contributed by atoms with Crippen LogP contribution < -0.4 is 10.9 Å². The zero-order chi connectivity index (χ0) is 21.8. The molecule has 0 fully saturated rings. The Morgan fingerprint density at radius 2 is 1.62 bits per heavy atom. The summed E-state index contributed by atoms with van der Waals surface area (Å²) in [4.78, 5) is 28.1. The van der Waals surface area contributed by atoms with Gasteiger partial charge in [0.1, 0.15) is 6.54 Å². The van der Waals surface area contributed by atoms with Crippen molar-refractivity contribution in [3.05, 3.63) is 57.8 Å². The maximum absolute atomic E-state index is 12.9. The van der Waals surface area contributed by atoms with Crippen molar-refractivity contribution in [2.24, 2.45) is 0 Å². The molecular formula is C18H17F6N3O2. The molecule has 1 aromatic carbocycles. The lowest BCUT2D eigenvalue weighted by Crippen LogP contribution is -2.28. The second-order valence-electron chi connectivity index (χ2n) is 6.29. The Morgan fingerprint density at radius 1 is 1.03 bits per heavy atom. The molecule has 158 valence electrons. The van der Waals surface area contributed by atoms with Crippen molar-refractivity contribution in [2.75, 3.05) is 5.32 Å². The van der Waals surface area contributed by atoms with Gasteiger partial charge in [0, 0.05) is 17.4 Å². The minimum Gasteiger partial charge on any atom is -0.325 e. The van der Waals surface area contributed by atoms with Crippen LogP contribution >= 0.6 is 0 Å². The second-order valence-corrected chi connectivity index (χ2v) is 6.29. The van der Waals surface area contributed by atoms with Crippen LogP contribution in [0.3, 0.4) is 0 Å². The van der Waals surface area contributed by atoms with Gasteiger partial charge < -0.3 is 5.32 Å². The van der Waals surface area contributed by atoms with E-state index in [2.05, 4.69) is 4.98 Å². The van der Waals surface area contributed by atoms with E-state index in [1.165, 1.54) is 6.07 Å². The topological polar surface area (TPSA) is 64.0 Å². The van der Waals surface area contributed by atoms with Crippen LogP contribution in [0.2, 0.25) is 0 Å². The minimum absolute atomic E-state index is 0.0426. The third kappa shape index (κ3) is 6.33. The molecule has 0 saturated carbocycles. The number of alkyl halides is 6. The highest BCUT2D eigenvalue weighted by atomic mass is 19.4. The molecule has 1 aromatic heterocycles. The number of amides is 1. The lowest BCUT2D eigenvalue weighted by Gasteiger charge is -2.15. The summed E-state index contributed by atoms with van der Waals surface area (Å²) in [6.07, 6.45) is -6.67. The van der Waals surface area contributed by atoms with Crippen molar-refractivity contribution >= 4 is 11.6 Å². The Morgan fingerprint density at radius 3 is 2.10 bits per heavy atom. The van der Waals surface area contributed by atoms with Gasteiger partial charge in [0.2, 0.25) is 5.91 Å². The molecule has 11 heteroatoms. The number of unbranched alkanes of at least 4 members (excludes halogenated alkanes) is 1. The van der Waals surface area contributed by atoms with Crippen molar-refractivity contribution in [3.8, 4) is 0 Å². The van der Waals surface area contributed by atoms with E-state index < -0.39 is 47.2 Å². The van der Waals surface area contributed by atoms with E-state index in [4.69, 9.17) is 0 Å². The van der Waals surface area contributed by atoms with Crippen LogP contribution in [0.15, 0.2) is 35.4 Å². The van der Waals surface area contributed by atoms with Crippen molar-refractivity contribution < 1.29 is 31.1 Å². The van der Waals surface area contributed by atoms with Crippen LogP contribution in [-0.4, -0.2) is 15.5 Å². The first-order valence-corrected chi connectivity index (χ1v) is 8.55. The molecule has 2 aromatic rings. The summed E-state index contributed by atoms with van der Waals surface area (Å²) < 4.78 is 78.1. The molecule has 0 spiro atoms. The predicted octanol–water partition coefficient (Wildman–Crippen LogP) is 4.26. The van der Waals surface area contributed by atoms with Gasteiger partial charge in [0.25, 0.3) is 5.56 Å². The largest absolute Gasteiger partial charge is 0.416 e. The molecule has 29 heavy (non-hydrogen) atoms. The van der Waals surface area contributed by atoms with Crippen molar-refractivity contribution in [2.45, 2.75) is 45.1 Å². The van der Waals surface area contributed by atoms with E-state index in [1.807, 2.05) is 12.2 Å². The van der Waals surface area contributed by atoms with E-state index in [1.54, 1.807) is 0 Å². The number of hydrogen-bond acceptors (Lipinski definition) is 3. The molecule has 0 radical (unpaired) electrons. The number of halogens is 6. The predicted molar refractivity (Wildman–Crippen MR) is 92.2 cm³/mol. The molecule has 1 amide bonds. The molecule has 0 aliphatic rings. The fraction of sp³-hybridized carbons (Fsp3) is 0.389. The number of aromatic nitrogens is 2. The maximum atomic E-state index is 12.9. The van der Waals surface area contributed by atoms with Gasteiger partial charge >= 0.3 is 12.4 Å². The van der Waals surface area contributed by atoms with Crippen LogP contribution in [0.5, 0.6) is 0 Å². The SMILES string of the molecule is CCCCc1cc(=O)n(CC(=O)Nc2cc(C(F)(F)F)cc(C(F)(F)F)c2)cn1. The maximum Gasteiger partial charge on any atom is 0.416 e. The van der Waals surface area contributed by atoms with E-state index >= 15 is 0 Å². The van der Waals surface area contributed by atoms with Gasteiger partial charge in [-0.05, 0) is 31.0 Å². The zero-order valence-electron chi connectivity index (χ0n) is 15.2. The number of aryl methyl sites for hydroxylation is 1. The van der Waals surface area contributed by atoms with Crippen LogP contribution in [-0.2, 0) is 30.1 Å². The van der Waals surface area contributed by atoms with Crippen LogP contribution in [0.4, 0.5) is 32.0 Å². The van der Waals surface area contributed by atoms with Gasteiger partial charge in [-0.15, -0.1) is 0 Å². The average molecular weight is 421 g/mol. The number of nitrogens with one attached hydrogen (secondary N) is 1. The average Bonchev–Trinajstić information content (AvgIpc) is 2.60. The summed E-state index contributed by atoms with van der Waals surface area (Å²) >= 11 is 0. The number of benzene rings is 1. The fourth-order valence-corrected chi connectivity index (χ4v) is 2.46. The molecule has 0 aliphatic carbocycles. The third-order valence-electron chi connectivity index (χ3n) is 3.91. The molecule has 1 heterocycles. The van der Waals surface area contributed by atoms with Gasteiger partial charge in [-0.3, -0.25) is 14.2 Å². The quantitative estimate of drug-likeness (QED) is 0.709. The van der Waals surface area contributed by atoms with Gasteiger partial charge in [-0.2, -0.15) is 26.3 Å². The Balaban J connectivity index is 2.21. The number of anilines is 1. The molecule has 5 nitrogen and oxygen atoms in total. The van der Waals surface area contributed by atoms with Gasteiger partial charge in [0.15, 0.2) is 0 Å². The highest BCUT2D eigenvalue weighted by Crippen LogP contribution is 2.37. The molecule has 0 unspecified atom stereocenters. The smallest absolute Gasteiger partial charge is 0.325 e. The normalized spacial score (nSPS) is 12.1. The number of nitrogens with zero attached hydrogens (tertiary/aromatic N) is 2. The highest BCUT2D eigenvalue weighted by Gasteiger charge is 2.37. The van der Waals surface area contributed by atoms with Gasteiger partial charge in [-0.25, -0.2) is 4.98 Å². The van der Waals surface area contributed by atoms with Crippen molar-refractivity contribution in [1.29, 1.82) is 0 Å². The molecule has 1 N–H and O–H groups in total. The highest BCUT2D eigenvalue weighted by molar-refractivity contribution is 5.90. The lowest BCUT2D eigenvalue weighted by molar-refractivity contribution is -0.143. The van der Waals surface area contributed by atoms with Crippen LogP contribution in [0.1, 0.15) is 36.6 Å². The standard InChI is InChI=1S/C18H17F6N3O2/c1-2-3-4-13-8-16(29)27(10-25-13)9-15(28)26-14-6-11(17(19,20)21)5-12(7-14)18(22,23)24/h5-8,10H,2-4,9H2,1H3,(H,26,28). The summed E-state index contributed by atoms with van der Waals surface area (Å²) in [6.45, 7) is 1.35. The minimum atomic E-state index is -5.03. The Bertz CT molecular complexity index is 902. The second kappa shape index (κ2) is 8.66.